The summed E-state index contributed by atoms with van der Waals surface area (Å²) in [5, 5.41) is 12.4. The minimum absolute atomic E-state index is 0.0869. The first kappa shape index (κ1) is 14.0. The van der Waals surface area contributed by atoms with Crippen LogP contribution in [0.15, 0.2) is 0 Å². The molecule has 0 heterocycles. The van der Waals surface area contributed by atoms with Crippen LogP contribution in [0.2, 0.25) is 0 Å². The summed E-state index contributed by atoms with van der Waals surface area (Å²) in [6, 6.07) is -0.459. The standard InChI is InChI=1S/C12H22N2O3/c1-9(10(15)14(2)3)13-12(11(16)17)7-5-4-6-8-12/h9,13H,4-8H2,1-3H3,(H,16,17). The van der Waals surface area contributed by atoms with Crippen molar-refractivity contribution in [3.63, 3.8) is 0 Å². The molecule has 0 aromatic rings. The molecule has 1 fully saturated rings. The third kappa shape index (κ3) is 3.19. The van der Waals surface area contributed by atoms with E-state index < -0.39 is 17.6 Å². The summed E-state index contributed by atoms with van der Waals surface area (Å²) in [6.45, 7) is 1.72. The van der Waals surface area contributed by atoms with Crippen molar-refractivity contribution in [1.82, 2.24) is 10.2 Å². The highest BCUT2D eigenvalue weighted by atomic mass is 16.4. The number of aliphatic carboxylic acids is 1. The Morgan fingerprint density at radius 1 is 1.24 bits per heavy atom. The lowest BCUT2D eigenvalue weighted by atomic mass is 9.81. The van der Waals surface area contributed by atoms with Gasteiger partial charge in [-0.05, 0) is 19.8 Å². The van der Waals surface area contributed by atoms with Gasteiger partial charge in [0.2, 0.25) is 5.91 Å². The van der Waals surface area contributed by atoms with Gasteiger partial charge in [0.15, 0.2) is 0 Å². The number of carboxylic acid groups (broad SMARTS) is 1. The van der Waals surface area contributed by atoms with E-state index in [0.29, 0.717) is 12.8 Å². The van der Waals surface area contributed by atoms with Crippen molar-refractivity contribution < 1.29 is 14.7 Å². The molecule has 0 radical (unpaired) electrons. The lowest BCUT2D eigenvalue weighted by Crippen LogP contribution is -2.59. The van der Waals surface area contributed by atoms with Gasteiger partial charge < -0.3 is 10.0 Å². The molecule has 5 nitrogen and oxygen atoms in total. The molecular formula is C12H22N2O3. The van der Waals surface area contributed by atoms with Gasteiger partial charge in [-0.15, -0.1) is 0 Å². The molecule has 0 bridgehead atoms. The van der Waals surface area contributed by atoms with Gasteiger partial charge in [0, 0.05) is 14.1 Å². The molecule has 1 unspecified atom stereocenters. The zero-order valence-electron chi connectivity index (χ0n) is 10.8. The Bertz CT molecular complexity index is 296. The summed E-state index contributed by atoms with van der Waals surface area (Å²) in [4.78, 5) is 24.7. The number of rotatable bonds is 4. The number of carboxylic acids is 1. The van der Waals surface area contributed by atoms with Crippen LogP contribution in [0.1, 0.15) is 39.0 Å². The van der Waals surface area contributed by atoms with Gasteiger partial charge >= 0.3 is 5.97 Å². The lowest BCUT2D eigenvalue weighted by molar-refractivity contribution is -0.147. The molecule has 1 amide bonds. The molecule has 1 rings (SSSR count). The second-order valence-corrected chi connectivity index (χ2v) is 5.05. The molecule has 0 aromatic heterocycles. The molecule has 0 spiro atoms. The minimum atomic E-state index is -0.913. The van der Waals surface area contributed by atoms with Crippen LogP contribution in [0.25, 0.3) is 0 Å². The molecule has 0 saturated heterocycles. The summed E-state index contributed by atoms with van der Waals surface area (Å²) in [5.74, 6) is -0.924. The summed E-state index contributed by atoms with van der Waals surface area (Å²) >= 11 is 0. The van der Waals surface area contributed by atoms with E-state index in [1.807, 2.05) is 0 Å². The van der Waals surface area contributed by atoms with Crippen molar-refractivity contribution in [2.45, 2.75) is 50.6 Å². The number of hydrogen-bond acceptors (Lipinski definition) is 3. The van der Waals surface area contributed by atoms with Gasteiger partial charge in [0.1, 0.15) is 5.54 Å². The van der Waals surface area contributed by atoms with E-state index in [4.69, 9.17) is 0 Å². The van der Waals surface area contributed by atoms with Crippen molar-refractivity contribution in [1.29, 1.82) is 0 Å². The molecule has 2 N–H and O–H groups in total. The van der Waals surface area contributed by atoms with E-state index in [1.165, 1.54) is 4.90 Å². The normalized spacial score (nSPS) is 20.6. The fourth-order valence-corrected chi connectivity index (χ4v) is 2.44. The van der Waals surface area contributed by atoms with Crippen LogP contribution in [-0.4, -0.2) is 47.6 Å². The van der Waals surface area contributed by atoms with Gasteiger partial charge in [0.05, 0.1) is 6.04 Å². The lowest BCUT2D eigenvalue weighted by Gasteiger charge is -2.36. The van der Waals surface area contributed by atoms with E-state index in [1.54, 1.807) is 21.0 Å². The Hall–Kier alpha value is -1.10. The highest BCUT2D eigenvalue weighted by molar-refractivity contribution is 5.84. The molecular weight excluding hydrogens is 220 g/mol. The molecule has 98 valence electrons. The number of hydrogen-bond donors (Lipinski definition) is 2. The van der Waals surface area contributed by atoms with E-state index in [-0.39, 0.29) is 5.91 Å². The van der Waals surface area contributed by atoms with Crippen molar-refractivity contribution in [2.24, 2.45) is 0 Å². The monoisotopic (exact) mass is 242 g/mol. The number of amides is 1. The predicted octanol–water partition coefficient (Wildman–Crippen LogP) is 0.840. The minimum Gasteiger partial charge on any atom is -0.480 e. The number of likely N-dealkylation sites (N-methyl/N-ethyl adjacent to an activating group) is 1. The summed E-state index contributed by atoms with van der Waals surface area (Å²) in [6.07, 6.45) is 4.10. The van der Waals surface area contributed by atoms with Crippen molar-refractivity contribution in [3.8, 4) is 0 Å². The first-order chi connectivity index (χ1) is 7.89. The van der Waals surface area contributed by atoms with E-state index in [2.05, 4.69) is 5.32 Å². The van der Waals surface area contributed by atoms with Gasteiger partial charge in [-0.25, -0.2) is 0 Å². The van der Waals surface area contributed by atoms with Crippen LogP contribution in [0.5, 0.6) is 0 Å². The average Bonchev–Trinajstić information content (AvgIpc) is 2.28. The fraction of sp³-hybridized carbons (Fsp3) is 0.833. The SMILES string of the molecule is CC(NC1(C(=O)O)CCCCC1)C(=O)N(C)C. The summed E-state index contributed by atoms with van der Waals surface area (Å²) in [7, 11) is 3.35. The Morgan fingerprint density at radius 2 is 1.76 bits per heavy atom. The summed E-state index contributed by atoms with van der Waals surface area (Å²) in [5.41, 5.74) is -0.913. The molecule has 1 aliphatic rings. The highest BCUT2D eigenvalue weighted by Crippen LogP contribution is 2.29. The van der Waals surface area contributed by atoms with Crippen LogP contribution in [-0.2, 0) is 9.59 Å². The quantitative estimate of drug-likeness (QED) is 0.766. The average molecular weight is 242 g/mol. The number of nitrogens with one attached hydrogen (secondary N) is 1. The largest absolute Gasteiger partial charge is 0.480 e. The Balaban J connectivity index is 2.73. The molecule has 0 aliphatic heterocycles. The second kappa shape index (κ2) is 5.49. The Labute approximate surface area is 102 Å². The predicted molar refractivity (Wildman–Crippen MR) is 64.7 cm³/mol. The van der Waals surface area contributed by atoms with Crippen LogP contribution in [0.3, 0.4) is 0 Å². The number of nitrogens with zero attached hydrogens (tertiary/aromatic N) is 1. The van der Waals surface area contributed by atoms with Crippen molar-refractivity contribution in [3.05, 3.63) is 0 Å². The zero-order valence-corrected chi connectivity index (χ0v) is 10.8. The van der Waals surface area contributed by atoms with Gasteiger partial charge in [-0.1, -0.05) is 19.3 Å². The molecule has 17 heavy (non-hydrogen) atoms. The van der Waals surface area contributed by atoms with Crippen molar-refractivity contribution in [2.75, 3.05) is 14.1 Å². The second-order valence-electron chi connectivity index (χ2n) is 5.05. The van der Waals surface area contributed by atoms with Gasteiger partial charge in [0.25, 0.3) is 0 Å². The van der Waals surface area contributed by atoms with E-state index in [0.717, 1.165) is 19.3 Å². The third-order valence-electron chi connectivity index (χ3n) is 3.42. The van der Waals surface area contributed by atoms with E-state index in [9.17, 15) is 14.7 Å². The van der Waals surface area contributed by atoms with Crippen LogP contribution in [0, 0.1) is 0 Å². The topological polar surface area (TPSA) is 69.6 Å². The van der Waals surface area contributed by atoms with Gasteiger partial charge in [-0.3, -0.25) is 14.9 Å². The highest BCUT2D eigenvalue weighted by Gasteiger charge is 2.41. The fourth-order valence-electron chi connectivity index (χ4n) is 2.44. The Morgan fingerprint density at radius 3 is 2.18 bits per heavy atom. The van der Waals surface area contributed by atoms with Crippen LogP contribution in [0.4, 0.5) is 0 Å². The third-order valence-corrected chi connectivity index (χ3v) is 3.42. The number of carbonyl (C=O) groups is 2. The summed E-state index contributed by atoms with van der Waals surface area (Å²) < 4.78 is 0. The Kier molecular flexibility index (Phi) is 4.51. The maximum Gasteiger partial charge on any atom is 0.323 e. The maximum atomic E-state index is 11.8. The maximum absolute atomic E-state index is 11.8. The number of carbonyl (C=O) groups excluding carboxylic acids is 1. The smallest absolute Gasteiger partial charge is 0.323 e. The molecule has 1 saturated carbocycles. The van der Waals surface area contributed by atoms with Gasteiger partial charge in [-0.2, -0.15) is 0 Å². The first-order valence-electron chi connectivity index (χ1n) is 6.11. The van der Waals surface area contributed by atoms with Crippen LogP contribution < -0.4 is 5.32 Å². The molecule has 5 heteroatoms. The van der Waals surface area contributed by atoms with Crippen LogP contribution >= 0.6 is 0 Å². The first-order valence-corrected chi connectivity index (χ1v) is 6.11. The molecule has 1 atom stereocenters. The zero-order chi connectivity index (χ0) is 13.1. The molecule has 0 aromatic carbocycles. The molecule has 1 aliphatic carbocycles. The van der Waals surface area contributed by atoms with E-state index >= 15 is 0 Å². The van der Waals surface area contributed by atoms with Crippen molar-refractivity contribution >= 4 is 11.9 Å².